The van der Waals surface area contributed by atoms with Gasteiger partial charge in [0.05, 0.1) is 23.4 Å². The minimum atomic E-state index is -0.331. The average molecular weight is 350 g/mol. The minimum Gasteiger partial charge on any atom is -0.399 e. The molecular formula is C18H31BN2O2S. The molecule has 0 unspecified atom stereocenters. The van der Waals surface area contributed by atoms with E-state index in [0.29, 0.717) is 0 Å². The fourth-order valence-corrected chi connectivity index (χ4v) is 3.59. The maximum absolute atomic E-state index is 6.15. The van der Waals surface area contributed by atoms with Crippen molar-refractivity contribution in [2.45, 2.75) is 77.9 Å². The zero-order valence-corrected chi connectivity index (χ0v) is 17.2. The van der Waals surface area contributed by atoms with Crippen molar-refractivity contribution in [2.75, 3.05) is 6.54 Å². The van der Waals surface area contributed by atoms with E-state index in [4.69, 9.17) is 9.31 Å². The molecule has 0 saturated carbocycles. The highest BCUT2D eigenvalue weighted by Gasteiger charge is 2.51. The molecule has 0 N–H and O–H groups in total. The van der Waals surface area contributed by atoms with Crippen molar-refractivity contribution < 1.29 is 9.31 Å². The van der Waals surface area contributed by atoms with Gasteiger partial charge < -0.3 is 9.31 Å². The number of nitrogens with zero attached hydrogens (tertiary/aromatic N) is 2. The zero-order chi connectivity index (χ0) is 18.2. The molecule has 0 aliphatic carbocycles. The van der Waals surface area contributed by atoms with Crippen molar-refractivity contribution in [3.63, 3.8) is 0 Å². The average Bonchev–Trinajstić information content (AvgIpc) is 2.65. The molecule has 0 radical (unpaired) electrons. The standard InChI is InChI=1S/C18H31BN2O2S/c1-9-21(24-16(2,3)4)13-15-12-14(10-11-20-15)19-22-17(5,6)18(7,8)23-19/h10-12H,9,13H2,1-8H3. The fourth-order valence-electron chi connectivity index (χ4n) is 2.49. The van der Waals surface area contributed by atoms with Gasteiger partial charge in [-0.25, -0.2) is 4.31 Å². The maximum Gasteiger partial charge on any atom is 0.494 e. The smallest absolute Gasteiger partial charge is 0.399 e. The molecule has 2 rings (SSSR count). The summed E-state index contributed by atoms with van der Waals surface area (Å²) in [6.45, 7) is 19.0. The molecule has 1 aromatic heterocycles. The van der Waals surface area contributed by atoms with Gasteiger partial charge in [-0.3, -0.25) is 4.98 Å². The molecular weight excluding hydrogens is 319 g/mol. The molecule has 4 nitrogen and oxygen atoms in total. The lowest BCUT2D eigenvalue weighted by Gasteiger charge is -2.32. The van der Waals surface area contributed by atoms with Crippen LogP contribution in [-0.2, 0) is 15.9 Å². The van der Waals surface area contributed by atoms with Gasteiger partial charge in [0.2, 0.25) is 0 Å². The van der Waals surface area contributed by atoms with E-state index in [0.717, 1.165) is 24.2 Å². The summed E-state index contributed by atoms with van der Waals surface area (Å²) in [6, 6.07) is 4.09. The Balaban J connectivity index is 2.12. The second-order valence-electron chi connectivity index (χ2n) is 8.33. The van der Waals surface area contributed by atoms with Crippen LogP contribution in [0.2, 0.25) is 0 Å². The molecule has 0 amide bonds. The molecule has 1 fully saturated rings. The van der Waals surface area contributed by atoms with Crippen molar-refractivity contribution in [2.24, 2.45) is 0 Å². The highest BCUT2D eigenvalue weighted by Crippen LogP contribution is 2.36. The Labute approximate surface area is 152 Å². The maximum atomic E-state index is 6.15. The molecule has 0 spiro atoms. The zero-order valence-electron chi connectivity index (χ0n) is 16.3. The van der Waals surface area contributed by atoms with Gasteiger partial charge in [0.1, 0.15) is 0 Å². The lowest BCUT2D eigenvalue weighted by molar-refractivity contribution is 0.00578. The van der Waals surface area contributed by atoms with Crippen LogP contribution in [0, 0.1) is 0 Å². The molecule has 1 saturated heterocycles. The first-order valence-electron chi connectivity index (χ1n) is 8.68. The Morgan fingerprint density at radius 3 is 2.25 bits per heavy atom. The van der Waals surface area contributed by atoms with Crippen LogP contribution in [0.3, 0.4) is 0 Å². The molecule has 0 atom stereocenters. The van der Waals surface area contributed by atoms with Gasteiger partial charge in [-0.2, -0.15) is 0 Å². The van der Waals surface area contributed by atoms with Crippen LogP contribution in [0.5, 0.6) is 0 Å². The Bertz CT molecular complexity index is 556. The summed E-state index contributed by atoms with van der Waals surface area (Å²) >= 11 is 1.87. The highest BCUT2D eigenvalue weighted by atomic mass is 32.2. The van der Waals surface area contributed by atoms with Gasteiger partial charge in [-0.05, 0) is 66.1 Å². The quantitative estimate of drug-likeness (QED) is 0.598. The van der Waals surface area contributed by atoms with Gasteiger partial charge in [0, 0.05) is 17.5 Å². The van der Waals surface area contributed by atoms with Crippen molar-refractivity contribution in [3.8, 4) is 0 Å². The summed E-state index contributed by atoms with van der Waals surface area (Å²) in [4.78, 5) is 4.54. The van der Waals surface area contributed by atoms with Crippen LogP contribution in [0.4, 0.5) is 0 Å². The first-order chi connectivity index (χ1) is 10.9. The summed E-state index contributed by atoms with van der Waals surface area (Å²) in [5, 5.41) is 0. The molecule has 24 heavy (non-hydrogen) atoms. The van der Waals surface area contributed by atoms with Gasteiger partial charge in [0.15, 0.2) is 0 Å². The third kappa shape index (κ3) is 4.75. The number of pyridine rings is 1. The lowest BCUT2D eigenvalue weighted by atomic mass is 9.79. The SMILES string of the molecule is CCN(Cc1cc(B2OC(C)(C)C(C)(C)O2)ccn1)SC(C)(C)C. The molecule has 0 aromatic carbocycles. The van der Waals surface area contributed by atoms with Crippen LogP contribution in [0.1, 0.15) is 61.1 Å². The van der Waals surface area contributed by atoms with E-state index < -0.39 is 0 Å². The number of hydrogen-bond donors (Lipinski definition) is 0. The van der Waals surface area contributed by atoms with Crippen molar-refractivity contribution in [1.82, 2.24) is 9.29 Å². The van der Waals surface area contributed by atoms with Crippen molar-refractivity contribution in [1.29, 1.82) is 0 Å². The summed E-state index contributed by atoms with van der Waals surface area (Å²) in [5.41, 5.74) is 1.44. The normalized spacial score (nSPS) is 20.0. The van der Waals surface area contributed by atoms with E-state index >= 15 is 0 Å². The van der Waals surface area contributed by atoms with Crippen molar-refractivity contribution >= 4 is 24.5 Å². The summed E-state index contributed by atoms with van der Waals surface area (Å²) in [6.07, 6.45) is 1.85. The molecule has 1 aromatic rings. The van der Waals surface area contributed by atoms with E-state index in [2.05, 4.69) is 70.7 Å². The van der Waals surface area contributed by atoms with E-state index in [9.17, 15) is 0 Å². The highest BCUT2D eigenvalue weighted by molar-refractivity contribution is 7.98. The van der Waals surface area contributed by atoms with E-state index in [1.54, 1.807) is 0 Å². The second-order valence-corrected chi connectivity index (χ2v) is 10.3. The van der Waals surface area contributed by atoms with Crippen molar-refractivity contribution in [3.05, 3.63) is 24.0 Å². The largest absolute Gasteiger partial charge is 0.494 e. The Kier molecular flexibility index (Phi) is 5.75. The molecule has 6 heteroatoms. The molecule has 0 bridgehead atoms. The number of rotatable bonds is 5. The number of aromatic nitrogens is 1. The molecule has 134 valence electrons. The van der Waals surface area contributed by atoms with Gasteiger partial charge in [0.25, 0.3) is 0 Å². The third-order valence-corrected chi connectivity index (χ3v) is 5.65. The predicted octanol–water partition coefficient (Wildman–Crippen LogP) is 3.65. The van der Waals surface area contributed by atoms with Gasteiger partial charge >= 0.3 is 7.12 Å². The Morgan fingerprint density at radius 1 is 1.17 bits per heavy atom. The molecule has 2 heterocycles. The summed E-state index contributed by atoms with van der Waals surface area (Å²) in [5.74, 6) is 0. The second kappa shape index (κ2) is 6.98. The van der Waals surface area contributed by atoms with Crippen LogP contribution in [0.15, 0.2) is 18.3 Å². The first kappa shape index (κ1) is 19.8. The first-order valence-corrected chi connectivity index (χ1v) is 9.45. The third-order valence-electron chi connectivity index (χ3n) is 4.46. The lowest BCUT2D eigenvalue weighted by Crippen LogP contribution is -2.41. The van der Waals surface area contributed by atoms with E-state index in [-0.39, 0.29) is 23.1 Å². The van der Waals surface area contributed by atoms with Crippen LogP contribution < -0.4 is 5.46 Å². The molecule has 1 aliphatic rings. The Morgan fingerprint density at radius 2 is 1.75 bits per heavy atom. The van der Waals surface area contributed by atoms with Crippen LogP contribution >= 0.6 is 11.9 Å². The number of hydrogen-bond acceptors (Lipinski definition) is 5. The van der Waals surface area contributed by atoms with Crippen LogP contribution in [-0.4, -0.2) is 38.9 Å². The fraction of sp³-hybridized carbons (Fsp3) is 0.722. The summed E-state index contributed by atoms with van der Waals surface area (Å²) in [7, 11) is -0.331. The molecule has 1 aliphatic heterocycles. The monoisotopic (exact) mass is 350 g/mol. The predicted molar refractivity (Wildman–Crippen MR) is 103 cm³/mol. The van der Waals surface area contributed by atoms with Crippen LogP contribution in [0.25, 0.3) is 0 Å². The van der Waals surface area contributed by atoms with Gasteiger partial charge in [-0.1, -0.05) is 18.9 Å². The topological polar surface area (TPSA) is 34.6 Å². The van der Waals surface area contributed by atoms with E-state index in [1.165, 1.54) is 0 Å². The summed E-state index contributed by atoms with van der Waals surface area (Å²) < 4.78 is 14.8. The minimum absolute atomic E-state index is 0.194. The van der Waals surface area contributed by atoms with E-state index in [1.807, 2.05) is 24.2 Å². The van der Waals surface area contributed by atoms with Gasteiger partial charge in [-0.15, -0.1) is 0 Å². The Hall–Kier alpha value is -0.555.